The number of carbonyl (C=O) groups is 2. The molecular formula is C22H19NO5. The van der Waals surface area contributed by atoms with Crippen molar-refractivity contribution in [2.45, 2.75) is 20.0 Å². The Balaban J connectivity index is 1.53. The lowest BCUT2D eigenvalue weighted by Crippen LogP contribution is -2.18. The van der Waals surface area contributed by atoms with Crippen LogP contribution >= 0.6 is 0 Å². The molecule has 28 heavy (non-hydrogen) atoms. The number of carbonyl (C=O) groups excluding carboxylic acids is 2. The molecule has 2 heterocycles. The lowest BCUT2D eigenvalue weighted by atomic mass is 10.1. The number of hydrogen-bond donors (Lipinski definition) is 1. The van der Waals surface area contributed by atoms with Crippen LogP contribution < -0.4 is 9.47 Å². The fourth-order valence-electron chi connectivity index (χ4n) is 3.05. The third-order valence-electron chi connectivity index (χ3n) is 4.27. The number of allylic oxidation sites excluding steroid dienone is 1. The number of para-hydroxylation sites is 1. The minimum absolute atomic E-state index is 0.189. The van der Waals surface area contributed by atoms with E-state index in [1.54, 1.807) is 38.1 Å². The minimum atomic E-state index is -0.451. The lowest BCUT2D eigenvalue weighted by Gasteiger charge is -2.09. The fourth-order valence-corrected chi connectivity index (χ4v) is 3.05. The summed E-state index contributed by atoms with van der Waals surface area (Å²) in [6.07, 6.45) is 3.36. The second-order valence-corrected chi connectivity index (χ2v) is 6.71. The van der Waals surface area contributed by atoms with E-state index < -0.39 is 5.97 Å². The van der Waals surface area contributed by atoms with E-state index in [0.717, 1.165) is 16.5 Å². The van der Waals surface area contributed by atoms with Gasteiger partial charge in [-0.2, -0.15) is 0 Å². The Bertz CT molecular complexity index is 1090. The van der Waals surface area contributed by atoms with Gasteiger partial charge in [-0.05, 0) is 38.1 Å². The van der Waals surface area contributed by atoms with E-state index in [4.69, 9.17) is 14.2 Å². The number of ketones is 1. The van der Waals surface area contributed by atoms with Crippen LogP contribution in [-0.2, 0) is 9.53 Å². The van der Waals surface area contributed by atoms with Crippen LogP contribution in [0.4, 0.5) is 0 Å². The molecule has 0 radical (unpaired) electrons. The van der Waals surface area contributed by atoms with E-state index in [1.807, 2.05) is 30.5 Å². The molecule has 0 saturated carbocycles. The number of aromatic nitrogens is 1. The molecule has 0 atom stereocenters. The van der Waals surface area contributed by atoms with Crippen molar-refractivity contribution in [1.82, 2.24) is 4.98 Å². The average molecular weight is 377 g/mol. The van der Waals surface area contributed by atoms with Gasteiger partial charge in [0.2, 0.25) is 5.78 Å². The maximum absolute atomic E-state index is 12.6. The summed E-state index contributed by atoms with van der Waals surface area (Å²) in [4.78, 5) is 27.4. The fraction of sp³-hybridized carbons (Fsp3) is 0.182. The Morgan fingerprint density at radius 2 is 2.04 bits per heavy atom. The van der Waals surface area contributed by atoms with Gasteiger partial charge in [-0.1, -0.05) is 18.2 Å². The summed E-state index contributed by atoms with van der Waals surface area (Å²) in [7, 11) is 0. The van der Waals surface area contributed by atoms with Crippen molar-refractivity contribution >= 4 is 28.7 Å². The topological polar surface area (TPSA) is 77.6 Å². The molecule has 6 nitrogen and oxygen atoms in total. The first-order valence-corrected chi connectivity index (χ1v) is 8.98. The van der Waals surface area contributed by atoms with Gasteiger partial charge in [0.15, 0.2) is 12.4 Å². The number of hydrogen-bond acceptors (Lipinski definition) is 5. The van der Waals surface area contributed by atoms with Crippen LogP contribution in [0.3, 0.4) is 0 Å². The SMILES string of the molecule is CC(C)OC(=O)COc1ccc2c(c1)O/C(=C/c1c[nH]c3ccccc13)C2=O. The monoisotopic (exact) mass is 377 g/mol. The first kappa shape index (κ1) is 17.9. The standard InChI is InChI=1S/C22H19NO5/c1-13(2)27-21(24)12-26-15-7-8-17-19(10-15)28-20(22(17)25)9-14-11-23-18-6-4-3-5-16(14)18/h3-11,13,23H,12H2,1-2H3/b20-9+. The van der Waals surface area contributed by atoms with Crippen LogP contribution in [0.2, 0.25) is 0 Å². The number of benzene rings is 2. The van der Waals surface area contributed by atoms with Crippen LogP contribution in [0.15, 0.2) is 54.4 Å². The normalized spacial score (nSPS) is 14.4. The molecule has 0 amide bonds. The van der Waals surface area contributed by atoms with E-state index in [0.29, 0.717) is 17.1 Å². The molecule has 0 unspecified atom stereocenters. The number of H-pyrrole nitrogens is 1. The highest BCUT2D eigenvalue weighted by Crippen LogP contribution is 2.35. The molecule has 1 aliphatic heterocycles. The molecule has 1 N–H and O–H groups in total. The summed E-state index contributed by atoms with van der Waals surface area (Å²) in [5.41, 5.74) is 2.32. The largest absolute Gasteiger partial charge is 0.482 e. The molecule has 0 spiro atoms. The molecule has 3 aromatic rings. The van der Waals surface area contributed by atoms with Gasteiger partial charge < -0.3 is 19.2 Å². The molecule has 1 aliphatic rings. The first-order valence-electron chi connectivity index (χ1n) is 8.98. The van der Waals surface area contributed by atoms with Gasteiger partial charge in [-0.15, -0.1) is 0 Å². The molecule has 6 heteroatoms. The van der Waals surface area contributed by atoms with Crippen LogP contribution in [0.1, 0.15) is 29.8 Å². The van der Waals surface area contributed by atoms with Crippen molar-refractivity contribution in [1.29, 1.82) is 0 Å². The van der Waals surface area contributed by atoms with E-state index >= 15 is 0 Å². The third-order valence-corrected chi connectivity index (χ3v) is 4.27. The van der Waals surface area contributed by atoms with Crippen molar-refractivity contribution in [3.05, 3.63) is 65.5 Å². The molecule has 2 aromatic carbocycles. The van der Waals surface area contributed by atoms with Crippen molar-refractivity contribution < 1.29 is 23.8 Å². The van der Waals surface area contributed by atoms with Gasteiger partial charge in [0, 0.05) is 28.7 Å². The van der Waals surface area contributed by atoms with Gasteiger partial charge >= 0.3 is 5.97 Å². The quantitative estimate of drug-likeness (QED) is 0.535. The average Bonchev–Trinajstić information content (AvgIpc) is 3.21. The molecule has 0 aliphatic carbocycles. The van der Waals surface area contributed by atoms with Gasteiger partial charge in [-0.3, -0.25) is 4.79 Å². The Morgan fingerprint density at radius 3 is 2.86 bits per heavy atom. The smallest absolute Gasteiger partial charge is 0.344 e. The Kier molecular flexibility index (Phi) is 4.61. The van der Waals surface area contributed by atoms with Crippen LogP contribution in [0, 0.1) is 0 Å². The number of rotatable bonds is 5. The maximum atomic E-state index is 12.6. The number of fused-ring (bicyclic) bond motifs is 2. The van der Waals surface area contributed by atoms with Crippen LogP contribution in [0.25, 0.3) is 17.0 Å². The number of ether oxygens (including phenoxy) is 3. The molecule has 0 fully saturated rings. The van der Waals surface area contributed by atoms with Crippen LogP contribution in [0.5, 0.6) is 11.5 Å². The van der Waals surface area contributed by atoms with E-state index in [-0.39, 0.29) is 24.3 Å². The van der Waals surface area contributed by atoms with E-state index in [1.165, 1.54) is 0 Å². The number of aromatic amines is 1. The van der Waals surface area contributed by atoms with Gasteiger partial charge in [-0.25, -0.2) is 4.79 Å². The summed E-state index contributed by atoms with van der Waals surface area (Å²) in [6.45, 7) is 3.34. The van der Waals surface area contributed by atoms with Gasteiger partial charge in [0.25, 0.3) is 0 Å². The predicted molar refractivity (Wildman–Crippen MR) is 104 cm³/mol. The first-order chi connectivity index (χ1) is 13.5. The zero-order valence-corrected chi connectivity index (χ0v) is 15.5. The Labute approximate surface area is 161 Å². The number of Topliss-reactive ketones (excluding diaryl/α,β-unsaturated/α-hetero) is 1. The zero-order chi connectivity index (χ0) is 19.7. The van der Waals surface area contributed by atoms with Crippen molar-refractivity contribution in [2.75, 3.05) is 6.61 Å². The summed E-state index contributed by atoms with van der Waals surface area (Å²) >= 11 is 0. The highest BCUT2D eigenvalue weighted by molar-refractivity contribution is 6.15. The second kappa shape index (κ2) is 7.23. The minimum Gasteiger partial charge on any atom is -0.482 e. The predicted octanol–water partition coefficient (Wildman–Crippen LogP) is 4.11. The molecule has 0 bridgehead atoms. The Morgan fingerprint density at radius 1 is 1.21 bits per heavy atom. The molecule has 142 valence electrons. The van der Waals surface area contributed by atoms with E-state index in [2.05, 4.69) is 4.98 Å². The van der Waals surface area contributed by atoms with Crippen molar-refractivity contribution in [3.63, 3.8) is 0 Å². The molecule has 0 saturated heterocycles. The second-order valence-electron chi connectivity index (χ2n) is 6.71. The third kappa shape index (κ3) is 3.49. The van der Waals surface area contributed by atoms with Gasteiger partial charge in [0.05, 0.1) is 11.7 Å². The Hall–Kier alpha value is -3.54. The highest BCUT2D eigenvalue weighted by Gasteiger charge is 2.28. The molecular weight excluding hydrogens is 358 g/mol. The molecule has 4 rings (SSSR count). The summed E-state index contributed by atoms with van der Waals surface area (Å²) in [6, 6.07) is 12.7. The van der Waals surface area contributed by atoms with Gasteiger partial charge in [0.1, 0.15) is 11.5 Å². The summed E-state index contributed by atoms with van der Waals surface area (Å²) in [5.74, 6) is 0.445. The lowest BCUT2D eigenvalue weighted by molar-refractivity contribution is -0.149. The van der Waals surface area contributed by atoms with Crippen LogP contribution in [-0.4, -0.2) is 29.4 Å². The zero-order valence-electron chi connectivity index (χ0n) is 15.5. The molecule has 1 aromatic heterocycles. The summed E-state index contributed by atoms with van der Waals surface area (Å²) < 4.78 is 16.2. The van der Waals surface area contributed by atoms with Crippen molar-refractivity contribution in [2.24, 2.45) is 0 Å². The number of nitrogens with one attached hydrogen (secondary N) is 1. The highest BCUT2D eigenvalue weighted by atomic mass is 16.6. The van der Waals surface area contributed by atoms with E-state index in [9.17, 15) is 9.59 Å². The number of esters is 1. The summed E-state index contributed by atoms with van der Waals surface area (Å²) in [5, 5.41) is 1.01. The van der Waals surface area contributed by atoms with Crippen molar-refractivity contribution in [3.8, 4) is 11.5 Å². The maximum Gasteiger partial charge on any atom is 0.344 e.